The monoisotopic (exact) mass is 538 g/mol. The van der Waals surface area contributed by atoms with Crippen LogP contribution in [0.4, 0.5) is 5.82 Å². The molecule has 0 fully saturated rings. The average Bonchev–Trinajstić information content (AvgIpc) is 3.29. The number of rotatable bonds is 10. The number of benzene rings is 2. The summed E-state index contributed by atoms with van der Waals surface area (Å²) in [5.74, 6) is -0.157. The molecule has 4 aromatic rings. The molecule has 38 heavy (non-hydrogen) atoms. The van der Waals surface area contributed by atoms with E-state index >= 15 is 0 Å². The summed E-state index contributed by atoms with van der Waals surface area (Å²) in [5, 5.41) is 5.48. The van der Waals surface area contributed by atoms with Crippen LogP contribution >= 0.6 is 7.29 Å². The van der Waals surface area contributed by atoms with Gasteiger partial charge in [-0.15, -0.1) is 0 Å². The first-order valence-corrected chi connectivity index (χ1v) is 14.4. The number of esters is 1. The van der Waals surface area contributed by atoms with Crippen molar-refractivity contribution in [3.8, 4) is 0 Å². The number of hydrogen-bond donors (Lipinski definition) is 2. The Bertz CT molecular complexity index is 1480. The molecule has 0 saturated heterocycles. The van der Waals surface area contributed by atoms with E-state index < -0.39 is 19.3 Å². The Labute approximate surface area is 222 Å². The number of carbonyl (C=O) groups is 1. The van der Waals surface area contributed by atoms with Crippen LogP contribution in [0.2, 0.25) is 0 Å². The van der Waals surface area contributed by atoms with Crippen LogP contribution in [0.5, 0.6) is 0 Å². The highest BCUT2D eigenvalue weighted by molar-refractivity contribution is 7.70. The minimum Gasteiger partial charge on any atom is -0.464 e. The number of nitrogens with two attached hydrogens (primary N) is 1. The molecule has 4 rings (SSSR count). The molecule has 0 aliphatic rings. The normalized spacial score (nSPS) is 15.3. The van der Waals surface area contributed by atoms with E-state index in [1.807, 2.05) is 74.7 Å². The minimum atomic E-state index is -3.43. The van der Waals surface area contributed by atoms with Crippen molar-refractivity contribution >= 4 is 46.3 Å². The fourth-order valence-corrected chi connectivity index (χ4v) is 6.54. The van der Waals surface area contributed by atoms with Crippen LogP contribution in [0, 0.1) is 5.41 Å². The van der Waals surface area contributed by atoms with Crippen molar-refractivity contribution in [1.82, 2.24) is 24.6 Å². The molecule has 3 N–H and O–H groups in total. The molecule has 2 heterocycles. The van der Waals surface area contributed by atoms with Gasteiger partial charge in [0.25, 0.3) is 0 Å². The number of imidazole rings is 1. The molecule has 0 amide bonds. The number of carbonyl (C=O) groups excluding carboxylic acids is 1. The van der Waals surface area contributed by atoms with Crippen LogP contribution in [0.3, 0.4) is 0 Å². The van der Waals surface area contributed by atoms with Crippen LogP contribution in [0.25, 0.3) is 21.9 Å². The summed E-state index contributed by atoms with van der Waals surface area (Å²) in [6.07, 6.45) is 2.55. The van der Waals surface area contributed by atoms with Gasteiger partial charge in [-0.2, -0.15) is 0 Å². The first-order chi connectivity index (χ1) is 18.0. The number of ether oxygens (including phenoxy) is 2. The van der Waals surface area contributed by atoms with Crippen molar-refractivity contribution in [3.05, 3.63) is 55.1 Å². The Morgan fingerprint density at radius 3 is 2.61 bits per heavy atom. The zero-order valence-corrected chi connectivity index (χ0v) is 23.3. The molecule has 0 saturated carbocycles. The quantitative estimate of drug-likeness (QED) is 0.226. The Kier molecular flexibility index (Phi) is 8.16. The smallest absolute Gasteiger partial charge is 0.323 e. The Morgan fingerprint density at radius 1 is 1.11 bits per heavy atom. The van der Waals surface area contributed by atoms with E-state index in [0.717, 1.165) is 10.8 Å². The van der Waals surface area contributed by atoms with E-state index in [2.05, 4.69) is 20.0 Å². The zero-order chi connectivity index (χ0) is 27.5. The molecule has 0 spiro atoms. The molecule has 202 valence electrons. The highest BCUT2D eigenvalue weighted by Crippen LogP contribution is 2.43. The van der Waals surface area contributed by atoms with Gasteiger partial charge in [0.2, 0.25) is 7.29 Å². The molecule has 1 unspecified atom stereocenters. The van der Waals surface area contributed by atoms with Gasteiger partial charge >= 0.3 is 5.97 Å². The predicted molar refractivity (Wildman–Crippen MR) is 149 cm³/mol. The fourth-order valence-electron chi connectivity index (χ4n) is 4.07. The van der Waals surface area contributed by atoms with Crippen molar-refractivity contribution in [2.45, 2.75) is 53.3 Å². The van der Waals surface area contributed by atoms with Crippen LogP contribution in [-0.4, -0.2) is 50.6 Å². The first kappa shape index (κ1) is 27.7. The van der Waals surface area contributed by atoms with Crippen molar-refractivity contribution in [3.63, 3.8) is 0 Å². The standard InChI is InChI=1S/C27H35N6O4P/c1-18(13-33-16-31-23-24(28)29-15-30-25(23)33)37-17-38(35,32-19(2)26(34)36-14-27(3,4)5)22-12-8-10-20-9-6-7-11-21(20)22/h6-12,15-16,18-19H,13-14,17H2,1-5H3,(H,32,35)(H2,28,29,30)/t18-,19-,38?/m0/s1. The van der Waals surface area contributed by atoms with Crippen molar-refractivity contribution < 1.29 is 18.8 Å². The van der Waals surface area contributed by atoms with Crippen LogP contribution < -0.4 is 16.1 Å². The van der Waals surface area contributed by atoms with Gasteiger partial charge in [-0.3, -0.25) is 9.36 Å². The molecule has 10 nitrogen and oxygen atoms in total. The number of hydrogen-bond acceptors (Lipinski definition) is 8. The lowest BCUT2D eigenvalue weighted by molar-refractivity contribution is -0.147. The van der Waals surface area contributed by atoms with Crippen molar-refractivity contribution in [2.75, 3.05) is 18.7 Å². The zero-order valence-electron chi connectivity index (χ0n) is 22.4. The van der Waals surface area contributed by atoms with E-state index in [1.54, 1.807) is 13.3 Å². The second-order valence-electron chi connectivity index (χ2n) is 10.7. The summed E-state index contributed by atoms with van der Waals surface area (Å²) in [4.78, 5) is 25.3. The van der Waals surface area contributed by atoms with E-state index in [1.165, 1.54) is 6.33 Å². The van der Waals surface area contributed by atoms with Gasteiger partial charge in [-0.05, 0) is 36.1 Å². The topological polar surface area (TPSA) is 134 Å². The maximum atomic E-state index is 14.6. The molecule has 3 atom stereocenters. The van der Waals surface area contributed by atoms with E-state index in [4.69, 9.17) is 15.2 Å². The van der Waals surface area contributed by atoms with Gasteiger partial charge in [0.05, 0.1) is 25.6 Å². The summed E-state index contributed by atoms with van der Waals surface area (Å²) in [6, 6.07) is 12.6. The van der Waals surface area contributed by atoms with Gasteiger partial charge in [0.1, 0.15) is 24.2 Å². The molecule has 11 heteroatoms. The Morgan fingerprint density at radius 2 is 1.84 bits per heavy atom. The molecule has 2 aromatic carbocycles. The van der Waals surface area contributed by atoms with Gasteiger partial charge in [-0.25, -0.2) is 20.0 Å². The summed E-state index contributed by atoms with van der Waals surface area (Å²) in [5.41, 5.74) is 6.84. The first-order valence-electron chi connectivity index (χ1n) is 12.5. The van der Waals surface area contributed by atoms with Gasteiger partial charge in [0, 0.05) is 5.30 Å². The lowest BCUT2D eigenvalue weighted by Crippen LogP contribution is -2.38. The molecule has 2 aromatic heterocycles. The van der Waals surface area contributed by atoms with Crippen LogP contribution in [0.15, 0.2) is 55.1 Å². The van der Waals surface area contributed by atoms with Crippen LogP contribution in [0.1, 0.15) is 34.6 Å². The molecule has 0 aliphatic heterocycles. The van der Waals surface area contributed by atoms with Crippen molar-refractivity contribution in [1.29, 1.82) is 0 Å². The largest absolute Gasteiger partial charge is 0.464 e. The molecule has 0 bridgehead atoms. The Hall–Kier alpha value is -3.33. The third kappa shape index (κ3) is 6.38. The highest BCUT2D eigenvalue weighted by Gasteiger charge is 2.33. The lowest BCUT2D eigenvalue weighted by atomic mass is 9.99. The summed E-state index contributed by atoms with van der Waals surface area (Å²) >= 11 is 0. The molecular weight excluding hydrogens is 503 g/mol. The van der Waals surface area contributed by atoms with E-state index in [0.29, 0.717) is 28.8 Å². The number of nitrogens with one attached hydrogen (secondary N) is 1. The molecule has 0 aliphatic carbocycles. The van der Waals surface area contributed by atoms with Crippen LogP contribution in [-0.2, 0) is 25.4 Å². The number of nitrogens with zero attached hydrogens (tertiary/aromatic N) is 4. The summed E-state index contributed by atoms with van der Waals surface area (Å²) in [6.45, 7) is 10.2. The lowest BCUT2D eigenvalue weighted by Gasteiger charge is -2.27. The maximum absolute atomic E-state index is 14.6. The Balaban J connectivity index is 1.57. The number of fused-ring (bicyclic) bond motifs is 2. The number of nitrogen functional groups attached to an aromatic ring is 1. The number of aromatic nitrogens is 4. The predicted octanol–water partition coefficient (Wildman–Crippen LogP) is 4.10. The van der Waals surface area contributed by atoms with Gasteiger partial charge in [-0.1, -0.05) is 57.2 Å². The average molecular weight is 539 g/mol. The maximum Gasteiger partial charge on any atom is 0.323 e. The number of anilines is 1. The molecular formula is C27H35N6O4P. The molecule has 0 radical (unpaired) electrons. The third-order valence-electron chi connectivity index (χ3n) is 5.98. The van der Waals surface area contributed by atoms with Gasteiger partial charge in [0.15, 0.2) is 11.5 Å². The second-order valence-corrected chi connectivity index (χ2v) is 13.2. The highest BCUT2D eigenvalue weighted by atomic mass is 31.2. The summed E-state index contributed by atoms with van der Waals surface area (Å²) in [7, 11) is -3.43. The summed E-state index contributed by atoms with van der Waals surface area (Å²) < 4.78 is 28.1. The SMILES string of the molecule is C[C@H](NP(=O)(CO[C@@H](C)Cn1cnc2c(N)ncnc21)c1cccc2ccccc12)C(=O)OCC(C)(C)C. The fraction of sp³-hybridized carbons (Fsp3) is 0.407. The van der Waals surface area contributed by atoms with E-state index in [9.17, 15) is 9.36 Å². The van der Waals surface area contributed by atoms with Crippen molar-refractivity contribution in [2.24, 2.45) is 5.41 Å². The minimum absolute atomic E-state index is 0.122. The third-order valence-corrected chi connectivity index (χ3v) is 8.47. The second kappa shape index (κ2) is 11.2. The van der Waals surface area contributed by atoms with Gasteiger partial charge < -0.3 is 19.8 Å². The van der Waals surface area contributed by atoms with E-state index in [-0.39, 0.29) is 24.5 Å².